The summed E-state index contributed by atoms with van der Waals surface area (Å²) < 4.78 is 10.5. The molecule has 1 atom stereocenters. The van der Waals surface area contributed by atoms with E-state index in [-0.39, 0.29) is 12.5 Å². The highest BCUT2D eigenvalue weighted by molar-refractivity contribution is 5.90. The van der Waals surface area contributed by atoms with Crippen LogP contribution in [0, 0.1) is 5.41 Å². The monoisotopic (exact) mass is 285 g/mol. The fraction of sp³-hybridized carbons (Fsp3) is 0.846. The lowest BCUT2D eigenvalue weighted by molar-refractivity contribution is -0.160. The molecule has 1 unspecified atom stereocenters. The summed E-state index contributed by atoms with van der Waals surface area (Å²) in [5, 5.41) is 3.25. The molecule has 0 spiro atoms. The first-order chi connectivity index (χ1) is 9.60. The highest BCUT2D eigenvalue weighted by Crippen LogP contribution is 2.32. The zero-order valence-electron chi connectivity index (χ0n) is 11.9. The number of morpholine rings is 1. The summed E-state index contributed by atoms with van der Waals surface area (Å²) in [7, 11) is 1.60. The second-order valence-electron chi connectivity index (χ2n) is 5.45. The molecule has 2 fully saturated rings. The van der Waals surface area contributed by atoms with Crippen LogP contribution in [-0.2, 0) is 19.1 Å². The third kappa shape index (κ3) is 2.94. The van der Waals surface area contributed by atoms with Crippen molar-refractivity contribution in [2.24, 2.45) is 11.1 Å². The van der Waals surface area contributed by atoms with Crippen molar-refractivity contribution in [2.75, 3.05) is 46.6 Å². The normalized spacial score (nSPS) is 26.2. The van der Waals surface area contributed by atoms with Gasteiger partial charge in [0, 0.05) is 13.7 Å². The van der Waals surface area contributed by atoms with Gasteiger partial charge in [-0.2, -0.15) is 0 Å². The molecule has 20 heavy (non-hydrogen) atoms. The highest BCUT2D eigenvalue weighted by atomic mass is 16.5. The van der Waals surface area contributed by atoms with Crippen molar-refractivity contribution in [2.45, 2.75) is 18.9 Å². The number of primary amides is 1. The number of ether oxygens (including phenoxy) is 2. The Morgan fingerprint density at radius 2 is 2.15 bits per heavy atom. The summed E-state index contributed by atoms with van der Waals surface area (Å²) in [6.45, 7) is 2.96. The molecule has 114 valence electrons. The summed E-state index contributed by atoms with van der Waals surface area (Å²) in [5.74, 6) is -0.549. The quantitative estimate of drug-likeness (QED) is 0.671. The van der Waals surface area contributed by atoms with E-state index in [9.17, 15) is 9.59 Å². The van der Waals surface area contributed by atoms with Crippen LogP contribution in [0.1, 0.15) is 12.8 Å². The van der Waals surface area contributed by atoms with Gasteiger partial charge in [-0.3, -0.25) is 9.59 Å². The number of carbonyl (C=O) groups is 2. The number of hydrogen-bond donors (Lipinski definition) is 2. The minimum atomic E-state index is -0.667. The van der Waals surface area contributed by atoms with Crippen LogP contribution in [0.25, 0.3) is 0 Å². The second kappa shape index (κ2) is 6.51. The molecule has 2 aliphatic heterocycles. The SMILES string of the molecule is COCC1(C(=O)N2CCOCC2C(N)=O)CCNCC1. The van der Waals surface area contributed by atoms with E-state index >= 15 is 0 Å². The van der Waals surface area contributed by atoms with Gasteiger partial charge in [0.05, 0.1) is 25.2 Å². The summed E-state index contributed by atoms with van der Waals surface area (Å²) in [5.41, 5.74) is 4.84. The maximum atomic E-state index is 12.9. The maximum absolute atomic E-state index is 12.9. The van der Waals surface area contributed by atoms with E-state index in [1.54, 1.807) is 12.0 Å². The molecule has 2 saturated heterocycles. The zero-order chi connectivity index (χ0) is 14.6. The smallest absolute Gasteiger partial charge is 0.242 e. The van der Waals surface area contributed by atoms with E-state index < -0.39 is 17.4 Å². The number of carbonyl (C=O) groups excluding carboxylic acids is 2. The number of methoxy groups -OCH3 is 1. The Morgan fingerprint density at radius 1 is 1.45 bits per heavy atom. The van der Waals surface area contributed by atoms with Crippen molar-refractivity contribution in [3.05, 3.63) is 0 Å². The van der Waals surface area contributed by atoms with Crippen LogP contribution in [-0.4, -0.2) is 69.3 Å². The summed E-state index contributed by atoms with van der Waals surface area (Å²) in [6.07, 6.45) is 1.42. The van der Waals surface area contributed by atoms with Gasteiger partial charge in [0.15, 0.2) is 0 Å². The molecule has 0 aromatic rings. The lowest BCUT2D eigenvalue weighted by Crippen LogP contribution is -2.60. The van der Waals surface area contributed by atoms with Crippen molar-refractivity contribution in [1.29, 1.82) is 0 Å². The maximum Gasteiger partial charge on any atom is 0.242 e. The van der Waals surface area contributed by atoms with Crippen LogP contribution < -0.4 is 11.1 Å². The molecule has 0 aliphatic carbocycles. The largest absolute Gasteiger partial charge is 0.384 e. The van der Waals surface area contributed by atoms with Gasteiger partial charge in [-0.25, -0.2) is 0 Å². The number of amides is 2. The standard InChI is InChI=1S/C13H23N3O4/c1-19-9-13(2-4-15-5-3-13)12(18)16-6-7-20-8-10(16)11(14)17/h10,15H,2-9H2,1H3,(H2,14,17). The zero-order valence-corrected chi connectivity index (χ0v) is 11.9. The molecule has 2 heterocycles. The minimum absolute atomic E-state index is 0.0343. The molecule has 0 radical (unpaired) electrons. The average Bonchev–Trinajstić information content (AvgIpc) is 2.47. The van der Waals surface area contributed by atoms with Crippen LogP contribution >= 0.6 is 0 Å². The molecule has 7 heteroatoms. The van der Waals surface area contributed by atoms with Crippen LogP contribution in [0.4, 0.5) is 0 Å². The van der Waals surface area contributed by atoms with Gasteiger partial charge in [-0.15, -0.1) is 0 Å². The molecule has 0 aromatic carbocycles. The van der Waals surface area contributed by atoms with Gasteiger partial charge >= 0.3 is 0 Å². The molecular formula is C13H23N3O4. The number of nitrogens with one attached hydrogen (secondary N) is 1. The van der Waals surface area contributed by atoms with Gasteiger partial charge in [0.2, 0.25) is 11.8 Å². The molecule has 0 bridgehead atoms. The second-order valence-corrected chi connectivity index (χ2v) is 5.45. The average molecular weight is 285 g/mol. The number of piperidine rings is 1. The molecule has 2 rings (SSSR count). The predicted octanol–water partition coefficient (Wildman–Crippen LogP) is -1.28. The van der Waals surface area contributed by atoms with Gasteiger partial charge in [0.25, 0.3) is 0 Å². The number of nitrogens with two attached hydrogens (primary N) is 1. The van der Waals surface area contributed by atoms with Crippen LogP contribution in [0.3, 0.4) is 0 Å². The Balaban J connectivity index is 2.18. The van der Waals surface area contributed by atoms with Crippen LogP contribution in [0.5, 0.6) is 0 Å². The fourth-order valence-electron chi connectivity index (χ4n) is 2.99. The van der Waals surface area contributed by atoms with Gasteiger partial charge in [0.1, 0.15) is 6.04 Å². The molecular weight excluding hydrogens is 262 g/mol. The highest BCUT2D eigenvalue weighted by Gasteiger charge is 2.45. The number of hydrogen-bond acceptors (Lipinski definition) is 5. The van der Waals surface area contributed by atoms with Crippen LogP contribution in [0.2, 0.25) is 0 Å². The van der Waals surface area contributed by atoms with E-state index in [4.69, 9.17) is 15.2 Å². The predicted molar refractivity (Wildman–Crippen MR) is 71.9 cm³/mol. The van der Waals surface area contributed by atoms with Crippen molar-refractivity contribution in [3.63, 3.8) is 0 Å². The number of rotatable bonds is 4. The van der Waals surface area contributed by atoms with E-state index in [1.165, 1.54) is 0 Å². The van der Waals surface area contributed by atoms with Gasteiger partial charge in [-0.1, -0.05) is 0 Å². The van der Waals surface area contributed by atoms with Crippen molar-refractivity contribution in [3.8, 4) is 0 Å². The first-order valence-electron chi connectivity index (χ1n) is 6.98. The first-order valence-corrected chi connectivity index (χ1v) is 6.98. The number of nitrogens with zero attached hydrogens (tertiary/aromatic N) is 1. The van der Waals surface area contributed by atoms with Crippen molar-refractivity contribution < 1.29 is 19.1 Å². The summed E-state index contributed by atoms with van der Waals surface area (Å²) >= 11 is 0. The first kappa shape index (κ1) is 15.2. The van der Waals surface area contributed by atoms with Crippen molar-refractivity contribution in [1.82, 2.24) is 10.2 Å². The Morgan fingerprint density at radius 3 is 2.75 bits per heavy atom. The van der Waals surface area contributed by atoms with Gasteiger partial charge < -0.3 is 25.4 Å². The Labute approximate surface area is 118 Å². The van der Waals surface area contributed by atoms with Gasteiger partial charge in [-0.05, 0) is 25.9 Å². The Hall–Kier alpha value is -1.18. The fourth-order valence-corrected chi connectivity index (χ4v) is 2.99. The third-order valence-corrected chi connectivity index (χ3v) is 4.15. The summed E-state index contributed by atoms with van der Waals surface area (Å²) in [4.78, 5) is 26.0. The van der Waals surface area contributed by atoms with Crippen molar-refractivity contribution >= 4 is 11.8 Å². The van der Waals surface area contributed by atoms with E-state index in [0.717, 1.165) is 13.1 Å². The third-order valence-electron chi connectivity index (χ3n) is 4.15. The lowest BCUT2D eigenvalue weighted by Gasteiger charge is -2.43. The molecule has 2 aliphatic rings. The molecule has 2 amide bonds. The summed E-state index contributed by atoms with van der Waals surface area (Å²) in [6, 6.07) is -0.667. The van der Waals surface area contributed by atoms with E-state index in [2.05, 4.69) is 5.32 Å². The molecule has 3 N–H and O–H groups in total. The molecule has 0 saturated carbocycles. The Kier molecular flexibility index (Phi) is 4.95. The molecule has 0 aromatic heterocycles. The van der Waals surface area contributed by atoms with Crippen LogP contribution in [0.15, 0.2) is 0 Å². The lowest BCUT2D eigenvalue weighted by atomic mass is 9.78. The minimum Gasteiger partial charge on any atom is -0.384 e. The topological polar surface area (TPSA) is 93.9 Å². The van der Waals surface area contributed by atoms with E-state index in [0.29, 0.717) is 32.6 Å². The molecule has 7 nitrogen and oxygen atoms in total. The Bertz CT molecular complexity index is 363. The van der Waals surface area contributed by atoms with E-state index in [1.807, 2.05) is 0 Å².